The Bertz CT molecular complexity index is 6410. The fraction of sp³-hybridized carbons (Fsp3) is 0.163. The van der Waals surface area contributed by atoms with Gasteiger partial charge in [0.05, 0.1) is 88.6 Å². The lowest BCUT2D eigenvalue weighted by molar-refractivity contribution is 0.598. The third-order valence-corrected chi connectivity index (χ3v) is 27.1. The second-order valence-corrected chi connectivity index (χ2v) is 37.1. The van der Waals surface area contributed by atoms with Gasteiger partial charge in [0.25, 0.3) is 50.1 Å². The van der Waals surface area contributed by atoms with E-state index in [4.69, 9.17) is 42.1 Å². The lowest BCUT2D eigenvalue weighted by atomic mass is 9.99. The number of hydrogen-bond acceptors (Lipinski definition) is 17. The summed E-state index contributed by atoms with van der Waals surface area (Å²) in [4.78, 5) is 29.9. The van der Waals surface area contributed by atoms with Crippen LogP contribution in [0.25, 0.3) is 37.6 Å². The summed E-state index contributed by atoms with van der Waals surface area (Å²) in [6.07, 6.45) is 21.6. The zero-order chi connectivity index (χ0) is 84.8. The number of benzene rings is 8. The maximum atomic E-state index is 13.9. The summed E-state index contributed by atoms with van der Waals surface area (Å²) < 4.78 is 153. The number of sulfonamides is 5. The van der Waals surface area contributed by atoms with Crippen LogP contribution >= 0.6 is 23.2 Å². The van der Waals surface area contributed by atoms with Crippen molar-refractivity contribution in [1.29, 1.82) is 0 Å². The Morgan fingerprint density at radius 2 is 0.686 bits per heavy atom. The fourth-order valence-corrected chi connectivity index (χ4v) is 19.7. The van der Waals surface area contributed by atoms with Crippen LogP contribution in [-0.2, 0) is 88.6 Å². The molecule has 0 aliphatic heterocycles. The van der Waals surface area contributed by atoms with Crippen LogP contribution < -0.4 is 29.3 Å². The van der Waals surface area contributed by atoms with E-state index in [9.17, 15) is 46.5 Å². The summed E-state index contributed by atoms with van der Waals surface area (Å²) in [5.41, 5.74) is 27.7. The molecule has 602 valence electrons. The molecular formula is C86H77Cl2FN14O10S5. The predicted octanol–water partition coefficient (Wildman–Crippen LogP) is 18.2. The molecule has 0 radical (unpaired) electrons. The van der Waals surface area contributed by atoms with Crippen molar-refractivity contribution >= 4 is 147 Å². The zero-order valence-electron chi connectivity index (χ0n) is 64.8. The van der Waals surface area contributed by atoms with Crippen molar-refractivity contribution in [2.24, 2.45) is 0 Å². The van der Waals surface area contributed by atoms with E-state index >= 15 is 0 Å². The van der Waals surface area contributed by atoms with Crippen LogP contribution in [0.15, 0.2) is 232 Å². The van der Waals surface area contributed by atoms with Crippen LogP contribution in [0.3, 0.4) is 0 Å². The van der Waals surface area contributed by atoms with Crippen molar-refractivity contribution in [3.05, 3.63) is 330 Å². The molecule has 0 spiro atoms. The highest BCUT2D eigenvalue weighted by Gasteiger charge is 2.29. The number of nitrogens with zero attached hydrogens (tertiary/aromatic N) is 8. The van der Waals surface area contributed by atoms with E-state index in [1.165, 1.54) is 102 Å². The molecule has 24 nitrogen and oxygen atoms in total. The average Bonchev–Trinajstić information content (AvgIpc) is 1.68. The smallest absolute Gasteiger partial charge is 0.264 e. The maximum Gasteiger partial charge on any atom is 0.264 e. The standard InChI is InChI=1S/C22H21N3O2S.C17H13ClN2O2S.C17H13FN2O2S.C15H14ClN3O2S.C15H16N4O2S/c1-15-8-10-19-20(11-9-16(2)22(15)19)25-28(26,27)18-13-23-21(24-14-18)12-17-6-4-3-5-7-17;2*1-11-6-7-14-16(9-8-15(18)17(11)14)20-23(21,22)13-5-3-4-12(10-13)19-2;2*1-9-3-5-12-13(6-4-10(2)14(9)12)19-22(20,21)11-7-17-15(16)18-8-11/h3-9,11,13-14,25H,10,12H2,1-2H3;2*3-6,8-10,20H,7H2,1H3;3-4,6-8,19H,5H2,1-2H3;3-4,6-8,19H,5H2,1-2H3,(H2,16,17,18). The van der Waals surface area contributed by atoms with Crippen LogP contribution in [0.1, 0.15) is 118 Å². The number of aromatic nitrogens is 6. The highest BCUT2D eigenvalue weighted by molar-refractivity contribution is 7.94. The molecule has 0 bridgehead atoms. The Balaban J connectivity index is 0.000000136. The van der Waals surface area contributed by atoms with Crippen LogP contribution in [0, 0.1) is 39.7 Å². The van der Waals surface area contributed by atoms with Gasteiger partial charge >= 0.3 is 0 Å². The van der Waals surface area contributed by atoms with Gasteiger partial charge < -0.3 is 5.73 Å². The molecule has 8 aromatic carbocycles. The van der Waals surface area contributed by atoms with Gasteiger partial charge in [-0.15, -0.1) is 0 Å². The molecule has 5 aliphatic rings. The monoisotopic (exact) mass is 1710 g/mol. The summed E-state index contributed by atoms with van der Waals surface area (Å²) in [6.45, 7) is 29.9. The van der Waals surface area contributed by atoms with E-state index in [0.717, 1.165) is 97.2 Å². The quantitative estimate of drug-likeness (QED) is 0.0364. The van der Waals surface area contributed by atoms with Gasteiger partial charge in [0.2, 0.25) is 11.2 Å². The van der Waals surface area contributed by atoms with Gasteiger partial charge in [0.1, 0.15) is 26.3 Å². The lowest BCUT2D eigenvalue weighted by Crippen LogP contribution is -2.15. The first-order valence-corrected chi connectivity index (χ1v) is 44.6. The van der Waals surface area contributed by atoms with Gasteiger partial charge in [-0.2, -0.15) is 0 Å². The van der Waals surface area contributed by atoms with E-state index < -0.39 is 50.1 Å². The molecule has 5 aliphatic carbocycles. The van der Waals surface area contributed by atoms with E-state index in [0.29, 0.717) is 69.7 Å². The number of hydrogen-bond donors (Lipinski definition) is 6. The molecule has 16 rings (SSSR count). The van der Waals surface area contributed by atoms with Gasteiger partial charge in [-0.3, -0.25) is 23.6 Å². The van der Waals surface area contributed by atoms with Gasteiger partial charge in [0, 0.05) is 22.6 Å². The number of aryl methyl sites for hydroxylation is 3. The number of nitrogens with one attached hydrogen (secondary N) is 5. The molecule has 0 fully saturated rings. The molecule has 7 N–H and O–H groups in total. The molecule has 0 saturated carbocycles. The highest BCUT2D eigenvalue weighted by Crippen LogP contribution is 2.42. The van der Waals surface area contributed by atoms with E-state index in [1.807, 2.05) is 108 Å². The summed E-state index contributed by atoms with van der Waals surface area (Å²) >= 11 is 11.8. The minimum absolute atomic E-state index is 0.00625. The Labute approximate surface area is 695 Å². The number of anilines is 6. The highest BCUT2D eigenvalue weighted by atomic mass is 35.5. The van der Waals surface area contributed by atoms with Crippen molar-refractivity contribution in [1.82, 2.24) is 29.9 Å². The van der Waals surface area contributed by atoms with Crippen molar-refractivity contribution < 1.29 is 46.5 Å². The van der Waals surface area contributed by atoms with Crippen molar-refractivity contribution in [3.8, 4) is 0 Å². The van der Waals surface area contributed by atoms with Crippen LogP contribution in [0.4, 0.5) is 50.2 Å². The second-order valence-electron chi connectivity index (χ2n) is 27.9. The molecule has 0 amide bonds. The first kappa shape index (κ1) is 85.1. The van der Waals surface area contributed by atoms with Crippen molar-refractivity contribution in [2.45, 2.75) is 118 Å². The number of nitrogen functional groups attached to an aromatic ring is 1. The summed E-state index contributed by atoms with van der Waals surface area (Å²) in [7, 11) is -18.8. The molecule has 32 heteroatoms. The summed E-state index contributed by atoms with van der Waals surface area (Å²) in [5.74, 6) is 0.264. The van der Waals surface area contributed by atoms with E-state index in [2.05, 4.69) is 88.4 Å². The summed E-state index contributed by atoms with van der Waals surface area (Å²) in [6, 6.07) is 38.8. The normalized spacial score (nSPS) is 13.3. The zero-order valence-corrected chi connectivity index (χ0v) is 70.4. The fourth-order valence-electron chi connectivity index (χ4n) is 14.1. The molecule has 3 aromatic heterocycles. The SMILES string of the molecule is CC1=CCc2c(NS(=O)(=O)c3cnc(Cc4ccccc4)nc3)ccc(C)c21.CC1=CCc2c(NS(=O)(=O)c3cnc(Cl)nc3)ccc(C)c21.CC1=CCc2c(NS(=O)(=O)c3cnc(N)nc3)ccc(C)c21.[C-]#[N+]c1cccc(S(=O)(=O)Nc2ccc(Cl)c3c2CC=C3C)c1.[C-]#[N+]c1cccc(S(=O)(=O)Nc2ccc(F)c3c2CC=C3C)c1. The van der Waals surface area contributed by atoms with Crippen LogP contribution in [0.2, 0.25) is 10.3 Å². The van der Waals surface area contributed by atoms with E-state index in [-0.39, 0.29) is 52.9 Å². The van der Waals surface area contributed by atoms with Gasteiger partial charge in [-0.25, -0.2) is 86.1 Å². The Kier molecular flexibility index (Phi) is 25.5. The average molecular weight is 1720 g/mol. The number of rotatable bonds is 17. The van der Waals surface area contributed by atoms with Gasteiger partial charge in [-0.1, -0.05) is 115 Å². The molecule has 0 atom stereocenters. The molecule has 0 unspecified atom stereocenters. The molecule has 3 heterocycles. The van der Waals surface area contributed by atoms with Crippen molar-refractivity contribution in [3.63, 3.8) is 0 Å². The minimum atomic E-state index is -3.84. The molecular weight excluding hydrogens is 1640 g/mol. The van der Waals surface area contributed by atoms with Crippen LogP contribution in [0.5, 0.6) is 0 Å². The molecule has 11 aromatic rings. The number of halogens is 3. The van der Waals surface area contributed by atoms with Gasteiger partial charge in [0.15, 0.2) is 11.4 Å². The topological polar surface area (TPSA) is 343 Å². The molecule has 118 heavy (non-hydrogen) atoms. The van der Waals surface area contributed by atoms with Gasteiger partial charge in [-0.05, 0) is 260 Å². The first-order chi connectivity index (χ1) is 56.0. The minimum Gasteiger partial charge on any atom is -0.368 e. The third kappa shape index (κ3) is 19.2. The van der Waals surface area contributed by atoms with Crippen molar-refractivity contribution in [2.75, 3.05) is 29.3 Å². The number of allylic oxidation sites excluding steroid dienone is 10. The second kappa shape index (κ2) is 35.3. The number of nitrogens with two attached hydrogens (primary N) is 1. The summed E-state index contributed by atoms with van der Waals surface area (Å²) in [5, 5.41) is 0.624. The van der Waals surface area contributed by atoms with Crippen LogP contribution in [-0.4, -0.2) is 72.0 Å². The Morgan fingerprint density at radius 3 is 1.07 bits per heavy atom. The van der Waals surface area contributed by atoms with E-state index in [1.54, 1.807) is 43.3 Å². The Morgan fingerprint density at radius 1 is 0.373 bits per heavy atom. The first-order valence-electron chi connectivity index (χ1n) is 36.4. The predicted molar refractivity (Wildman–Crippen MR) is 462 cm³/mol. The maximum absolute atomic E-state index is 13.9. The number of fused-ring (bicyclic) bond motifs is 5. The molecule has 0 saturated heterocycles. The largest absolute Gasteiger partial charge is 0.368 e. The lowest BCUT2D eigenvalue weighted by Gasteiger charge is -2.14. The third-order valence-electron chi connectivity index (χ3n) is 19.9. The Hall–Kier alpha value is -12.3.